The lowest BCUT2D eigenvalue weighted by molar-refractivity contribution is 0.702. The predicted octanol–water partition coefficient (Wildman–Crippen LogP) is 2.26. The standard InChI is InChI=1S/C13H12N4OS/c1-2-16-12(18)10-8-14-17(11(10)15-13(16)19)9-6-4-3-5-7-9/h3-8H,2H2,1H3,(H,15,19). The van der Waals surface area contributed by atoms with E-state index in [1.54, 1.807) is 10.9 Å². The van der Waals surface area contributed by atoms with Gasteiger partial charge in [0.2, 0.25) is 0 Å². The first-order chi connectivity index (χ1) is 9.22. The molecule has 2 heterocycles. The van der Waals surface area contributed by atoms with Gasteiger partial charge >= 0.3 is 0 Å². The number of fused-ring (bicyclic) bond motifs is 1. The molecule has 0 spiro atoms. The van der Waals surface area contributed by atoms with Crippen LogP contribution in [0.4, 0.5) is 0 Å². The summed E-state index contributed by atoms with van der Waals surface area (Å²) in [6.07, 6.45) is 1.57. The molecule has 3 aromatic rings. The van der Waals surface area contributed by atoms with E-state index in [0.29, 0.717) is 22.3 Å². The fraction of sp³-hybridized carbons (Fsp3) is 0.154. The molecule has 6 heteroatoms. The maximum atomic E-state index is 12.2. The van der Waals surface area contributed by atoms with Gasteiger partial charge in [0.1, 0.15) is 11.0 Å². The highest BCUT2D eigenvalue weighted by molar-refractivity contribution is 7.71. The summed E-state index contributed by atoms with van der Waals surface area (Å²) in [6, 6.07) is 9.63. The third kappa shape index (κ3) is 1.80. The first-order valence-electron chi connectivity index (χ1n) is 5.98. The van der Waals surface area contributed by atoms with Crippen molar-refractivity contribution in [1.29, 1.82) is 0 Å². The lowest BCUT2D eigenvalue weighted by Gasteiger charge is -2.05. The number of hydrogen-bond donors (Lipinski definition) is 1. The quantitative estimate of drug-likeness (QED) is 0.728. The maximum absolute atomic E-state index is 12.2. The normalized spacial score (nSPS) is 11.0. The number of nitrogens with zero attached hydrogens (tertiary/aromatic N) is 3. The topological polar surface area (TPSA) is 55.6 Å². The van der Waals surface area contributed by atoms with E-state index < -0.39 is 0 Å². The summed E-state index contributed by atoms with van der Waals surface area (Å²) in [6.45, 7) is 2.43. The molecule has 0 aliphatic heterocycles. The second kappa shape index (κ2) is 4.47. The fourth-order valence-electron chi connectivity index (χ4n) is 2.08. The van der Waals surface area contributed by atoms with Gasteiger partial charge in [0.15, 0.2) is 4.77 Å². The summed E-state index contributed by atoms with van der Waals surface area (Å²) in [5.41, 5.74) is 1.41. The summed E-state index contributed by atoms with van der Waals surface area (Å²) >= 11 is 5.21. The van der Waals surface area contributed by atoms with Gasteiger partial charge in [0, 0.05) is 6.54 Å². The SMILES string of the molecule is CCn1c(=S)[nH]c2c(cnn2-c2ccccc2)c1=O. The third-order valence-electron chi connectivity index (χ3n) is 3.03. The Kier molecular flexibility index (Phi) is 2.79. The number of para-hydroxylation sites is 1. The van der Waals surface area contributed by atoms with E-state index in [9.17, 15) is 4.79 Å². The van der Waals surface area contributed by atoms with Crippen molar-refractivity contribution in [3.8, 4) is 5.69 Å². The van der Waals surface area contributed by atoms with Crippen molar-refractivity contribution >= 4 is 23.3 Å². The van der Waals surface area contributed by atoms with Crippen molar-refractivity contribution in [3.63, 3.8) is 0 Å². The van der Waals surface area contributed by atoms with Crippen LogP contribution in [0.1, 0.15) is 6.92 Å². The lowest BCUT2D eigenvalue weighted by atomic mass is 10.3. The molecule has 0 radical (unpaired) electrons. The molecule has 1 aromatic carbocycles. The Bertz CT molecular complexity index is 844. The molecular weight excluding hydrogens is 260 g/mol. The van der Waals surface area contributed by atoms with Gasteiger partial charge in [0.05, 0.1) is 11.9 Å². The number of H-pyrrole nitrogens is 1. The number of benzene rings is 1. The molecule has 0 amide bonds. The molecule has 96 valence electrons. The molecule has 2 aromatic heterocycles. The van der Waals surface area contributed by atoms with Crippen molar-refractivity contribution in [1.82, 2.24) is 19.3 Å². The first kappa shape index (κ1) is 11.9. The van der Waals surface area contributed by atoms with Crippen LogP contribution < -0.4 is 5.56 Å². The van der Waals surface area contributed by atoms with Gasteiger partial charge in [-0.3, -0.25) is 9.36 Å². The molecule has 0 fully saturated rings. The first-order valence-corrected chi connectivity index (χ1v) is 6.39. The summed E-state index contributed by atoms with van der Waals surface area (Å²) in [5.74, 6) is 0. The molecule has 0 unspecified atom stereocenters. The number of aromatic amines is 1. The Labute approximate surface area is 114 Å². The summed E-state index contributed by atoms with van der Waals surface area (Å²) < 4.78 is 3.62. The highest BCUT2D eigenvalue weighted by Crippen LogP contribution is 2.13. The Hall–Kier alpha value is -2.21. The molecule has 0 aliphatic carbocycles. The molecule has 0 saturated heterocycles. The average Bonchev–Trinajstić information content (AvgIpc) is 2.84. The molecule has 19 heavy (non-hydrogen) atoms. The number of rotatable bonds is 2. The van der Waals surface area contributed by atoms with E-state index in [-0.39, 0.29) is 5.56 Å². The fourth-order valence-corrected chi connectivity index (χ4v) is 2.39. The van der Waals surface area contributed by atoms with Crippen LogP contribution in [0.15, 0.2) is 41.3 Å². The van der Waals surface area contributed by atoms with Gasteiger partial charge in [-0.15, -0.1) is 0 Å². The second-order valence-electron chi connectivity index (χ2n) is 4.13. The number of aromatic nitrogens is 4. The van der Waals surface area contributed by atoms with Gasteiger partial charge in [-0.1, -0.05) is 18.2 Å². The van der Waals surface area contributed by atoms with Crippen LogP contribution in [0.25, 0.3) is 16.7 Å². The molecule has 0 bridgehead atoms. The maximum Gasteiger partial charge on any atom is 0.265 e. The number of hydrogen-bond acceptors (Lipinski definition) is 3. The zero-order chi connectivity index (χ0) is 13.4. The Morgan fingerprint density at radius 1 is 1.32 bits per heavy atom. The van der Waals surface area contributed by atoms with Crippen molar-refractivity contribution in [2.75, 3.05) is 0 Å². The largest absolute Gasteiger partial charge is 0.316 e. The van der Waals surface area contributed by atoms with Crippen LogP contribution in [0.2, 0.25) is 0 Å². The predicted molar refractivity (Wildman–Crippen MR) is 76.2 cm³/mol. The van der Waals surface area contributed by atoms with Gasteiger partial charge in [-0.05, 0) is 31.3 Å². The van der Waals surface area contributed by atoms with Crippen LogP contribution in [-0.4, -0.2) is 19.3 Å². The van der Waals surface area contributed by atoms with Crippen LogP contribution in [0.3, 0.4) is 0 Å². The van der Waals surface area contributed by atoms with Crippen LogP contribution in [-0.2, 0) is 6.54 Å². The minimum Gasteiger partial charge on any atom is -0.316 e. The van der Waals surface area contributed by atoms with Gasteiger partial charge < -0.3 is 4.98 Å². The molecule has 0 atom stereocenters. The Balaban J connectivity index is 2.37. The Morgan fingerprint density at radius 2 is 2.05 bits per heavy atom. The molecule has 1 N–H and O–H groups in total. The summed E-state index contributed by atoms with van der Waals surface area (Å²) in [7, 11) is 0. The van der Waals surface area contributed by atoms with E-state index >= 15 is 0 Å². The second-order valence-corrected chi connectivity index (χ2v) is 4.52. The van der Waals surface area contributed by atoms with Crippen molar-refractivity contribution in [2.45, 2.75) is 13.5 Å². The van der Waals surface area contributed by atoms with Gasteiger partial charge in [-0.25, -0.2) is 4.68 Å². The van der Waals surface area contributed by atoms with E-state index in [0.717, 1.165) is 5.69 Å². The summed E-state index contributed by atoms with van der Waals surface area (Å²) in [5, 5.41) is 4.81. The molecule has 0 saturated carbocycles. The van der Waals surface area contributed by atoms with E-state index in [1.165, 1.54) is 4.57 Å². The zero-order valence-electron chi connectivity index (χ0n) is 10.3. The monoisotopic (exact) mass is 272 g/mol. The van der Waals surface area contributed by atoms with Crippen molar-refractivity contribution in [3.05, 3.63) is 51.7 Å². The summed E-state index contributed by atoms with van der Waals surface area (Å²) in [4.78, 5) is 15.3. The minimum atomic E-state index is -0.108. The van der Waals surface area contributed by atoms with Crippen molar-refractivity contribution in [2.24, 2.45) is 0 Å². The van der Waals surface area contributed by atoms with Crippen LogP contribution >= 0.6 is 12.2 Å². The molecule has 3 rings (SSSR count). The van der Waals surface area contributed by atoms with E-state index in [4.69, 9.17) is 12.2 Å². The van der Waals surface area contributed by atoms with Crippen molar-refractivity contribution < 1.29 is 0 Å². The molecule has 5 nitrogen and oxygen atoms in total. The third-order valence-corrected chi connectivity index (χ3v) is 3.35. The minimum absolute atomic E-state index is 0.108. The number of nitrogens with one attached hydrogen (secondary N) is 1. The van der Waals surface area contributed by atoms with E-state index in [1.807, 2.05) is 37.3 Å². The highest BCUT2D eigenvalue weighted by atomic mass is 32.1. The molecule has 0 aliphatic rings. The average molecular weight is 272 g/mol. The van der Waals surface area contributed by atoms with Crippen LogP contribution in [0.5, 0.6) is 0 Å². The van der Waals surface area contributed by atoms with Gasteiger partial charge in [0.25, 0.3) is 5.56 Å². The Morgan fingerprint density at radius 3 is 2.74 bits per heavy atom. The molecular formula is C13H12N4OS. The van der Waals surface area contributed by atoms with E-state index in [2.05, 4.69) is 10.1 Å². The smallest absolute Gasteiger partial charge is 0.265 e. The van der Waals surface area contributed by atoms with Crippen LogP contribution in [0, 0.1) is 4.77 Å². The zero-order valence-corrected chi connectivity index (χ0v) is 11.1. The van der Waals surface area contributed by atoms with Gasteiger partial charge in [-0.2, -0.15) is 5.10 Å². The highest BCUT2D eigenvalue weighted by Gasteiger charge is 2.10. The lowest BCUT2D eigenvalue weighted by Crippen LogP contribution is -2.21.